The summed E-state index contributed by atoms with van der Waals surface area (Å²) in [5.74, 6) is 0.0148. The highest BCUT2D eigenvalue weighted by atomic mass is 32.1. The van der Waals surface area contributed by atoms with Crippen LogP contribution < -0.4 is 16.0 Å². The molecule has 1 aromatic rings. The van der Waals surface area contributed by atoms with Crippen LogP contribution in [0.1, 0.15) is 42.9 Å². The van der Waals surface area contributed by atoms with Gasteiger partial charge in [-0.15, -0.1) is 0 Å². The molecule has 128 valence electrons. The first-order chi connectivity index (χ1) is 11.7. The second-order valence-electron chi connectivity index (χ2n) is 6.91. The van der Waals surface area contributed by atoms with E-state index >= 15 is 0 Å². The molecule has 3 fully saturated rings. The Kier molecular flexibility index (Phi) is 4.52. The fourth-order valence-electron chi connectivity index (χ4n) is 4.21. The van der Waals surface area contributed by atoms with Gasteiger partial charge in [0.25, 0.3) is 0 Å². The van der Waals surface area contributed by atoms with Crippen molar-refractivity contribution in [3.63, 3.8) is 0 Å². The Morgan fingerprint density at radius 3 is 2.83 bits per heavy atom. The lowest BCUT2D eigenvalue weighted by atomic mass is 9.93. The molecule has 6 heteroatoms. The summed E-state index contributed by atoms with van der Waals surface area (Å²) in [4.78, 5) is 14.3. The number of amides is 1. The normalized spacial score (nSPS) is 30.2. The van der Waals surface area contributed by atoms with Crippen LogP contribution >= 0.6 is 12.2 Å². The number of carbonyl (C=O) groups is 1. The van der Waals surface area contributed by atoms with Gasteiger partial charge in [0.1, 0.15) is 6.04 Å². The molecule has 0 radical (unpaired) electrons. The molecule has 0 aliphatic carbocycles. The first kappa shape index (κ1) is 16.0. The molecule has 3 aliphatic rings. The first-order valence-electron chi connectivity index (χ1n) is 8.90. The van der Waals surface area contributed by atoms with Crippen LogP contribution in [0.4, 0.5) is 0 Å². The summed E-state index contributed by atoms with van der Waals surface area (Å²) in [6.07, 6.45) is 4.68. The number of hydrogen-bond acceptors (Lipinski definition) is 4. The van der Waals surface area contributed by atoms with Crippen molar-refractivity contribution in [2.24, 2.45) is 0 Å². The van der Waals surface area contributed by atoms with E-state index in [1.807, 2.05) is 0 Å². The van der Waals surface area contributed by atoms with Gasteiger partial charge >= 0.3 is 0 Å². The van der Waals surface area contributed by atoms with Crippen molar-refractivity contribution in [3.05, 3.63) is 35.4 Å². The van der Waals surface area contributed by atoms with Gasteiger partial charge in [0.05, 0.1) is 6.04 Å². The zero-order valence-corrected chi connectivity index (χ0v) is 14.6. The molecule has 0 saturated carbocycles. The standard InChI is InChI=1S/C18H24N4OS/c23-17-16-15(8-10-20-16)22(18(24)21-17)11-12-5-1-2-6-13(12)14-7-3-4-9-19-14/h1-2,5-6,14-16,19-20H,3-4,7-11H2,(H,21,23,24)/t14-,15?,16?/m1/s1. The molecule has 24 heavy (non-hydrogen) atoms. The second-order valence-corrected chi connectivity index (χ2v) is 7.30. The average molecular weight is 344 g/mol. The van der Waals surface area contributed by atoms with Gasteiger partial charge in [0, 0.05) is 12.6 Å². The van der Waals surface area contributed by atoms with Crippen molar-refractivity contribution in [1.29, 1.82) is 0 Å². The van der Waals surface area contributed by atoms with Gasteiger partial charge in [0.15, 0.2) is 5.11 Å². The lowest BCUT2D eigenvalue weighted by molar-refractivity contribution is -0.123. The van der Waals surface area contributed by atoms with Crippen molar-refractivity contribution in [2.75, 3.05) is 13.1 Å². The fourth-order valence-corrected chi connectivity index (χ4v) is 4.51. The van der Waals surface area contributed by atoms with E-state index in [-0.39, 0.29) is 18.0 Å². The molecule has 2 unspecified atom stereocenters. The number of benzene rings is 1. The Morgan fingerprint density at radius 1 is 1.12 bits per heavy atom. The van der Waals surface area contributed by atoms with Crippen LogP contribution in [0.3, 0.4) is 0 Å². The quantitative estimate of drug-likeness (QED) is 0.725. The monoisotopic (exact) mass is 344 g/mol. The highest BCUT2D eigenvalue weighted by molar-refractivity contribution is 7.80. The molecule has 3 N–H and O–H groups in total. The smallest absolute Gasteiger partial charge is 0.245 e. The summed E-state index contributed by atoms with van der Waals surface area (Å²) in [6, 6.07) is 9.09. The molecule has 4 rings (SSSR count). The van der Waals surface area contributed by atoms with Crippen molar-refractivity contribution in [3.8, 4) is 0 Å². The molecular formula is C18H24N4OS. The molecule has 3 heterocycles. The average Bonchev–Trinajstić information content (AvgIpc) is 3.10. The minimum absolute atomic E-state index is 0.0148. The minimum Gasteiger partial charge on any atom is -0.339 e. The third-order valence-electron chi connectivity index (χ3n) is 5.44. The number of thiocarbonyl (C=S) groups is 1. The number of piperidine rings is 1. The maximum Gasteiger partial charge on any atom is 0.245 e. The maximum atomic E-state index is 12.1. The lowest BCUT2D eigenvalue weighted by Crippen LogP contribution is -2.63. The van der Waals surface area contributed by atoms with E-state index in [9.17, 15) is 4.79 Å². The van der Waals surface area contributed by atoms with Crippen LogP contribution in [0.5, 0.6) is 0 Å². The topological polar surface area (TPSA) is 56.4 Å². The molecule has 0 aromatic heterocycles. The molecular weight excluding hydrogens is 320 g/mol. The third-order valence-corrected chi connectivity index (χ3v) is 5.78. The highest BCUT2D eigenvalue weighted by Crippen LogP contribution is 2.29. The van der Waals surface area contributed by atoms with Gasteiger partial charge in [0.2, 0.25) is 5.91 Å². The Labute approximate surface area is 148 Å². The van der Waals surface area contributed by atoms with E-state index in [0.717, 1.165) is 26.1 Å². The van der Waals surface area contributed by atoms with E-state index in [2.05, 4.69) is 45.1 Å². The number of rotatable bonds is 3. The second kappa shape index (κ2) is 6.78. The Bertz CT molecular complexity index is 644. The summed E-state index contributed by atoms with van der Waals surface area (Å²) < 4.78 is 0. The first-order valence-corrected chi connectivity index (χ1v) is 9.31. The van der Waals surface area contributed by atoms with Crippen molar-refractivity contribution in [2.45, 2.75) is 50.4 Å². The zero-order valence-electron chi connectivity index (χ0n) is 13.8. The Balaban J connectivity index is 1.58. The van der Waals surface area contributed by atoms with Gasteiger partial charge in [-0.2, -0.15) is 0 Å². The van der Waals surface area contributed by atoms with Crippen LogP contribution in [0, 0.1) is 0 Å². The highest BCUT2D eigenvalue weighted by Gasteiger charge is 2.42. The van der Waals surface area contributed by atoms with Gasteiger partial charge in [-0.05, 0) is 55.7 Å². The molecule has 5 nitrogen and oxygen atoms in total. The van der Waals surface area contributed by atoms with Crippen LogP contribution in [-0.4, -0.2) is 41.1 Å². The molecule has 0 spiro atoms. The van der Waals surface area contributed by atoms with Crippen LogP contribution in [0.2, 0.25) is 0 Å². The van der Waals surface area contributed by atoms with E-state index in [0.29, 0.717) is 11.2 Å². The van der Waals surface area contributed by atoms with Crippen molar-refractivity contribution in [1.82, 2.24) is 20.9 Å². The maximum absolute atomic E-state index is 12.1. The molecule has 1 aromatic carbocycles. The summed E-state index contributed by atoms with van der Waals surface area (Å²) in [5, 5.41) is 10.4. The Morgan fingerprint density at radius 2 is 2.00 bits per heavy atom. The van der Waals surface area contributed by atoms with Crippen LogP contribution in [0.25, 0.3) is 0 Å². The van der Waals surface area contributed by atoms with Gasteiger partial charge in [-0.3, -0.25) is 4.79 Å². The lowest BCUT2D eigenvalue weighted by Gasteiger charge is -2.39. The van der Waals surface area contributed by atoms with Crippen LogP contribution in [0.15, 0.2) is 24.3 Å². The summed E-state index contributed by atoms with van der Waals surface area (Å²) in [7, 11) is 0. The van der Waals surface area contributed by atoms with Crippen LogP contribution in [-0.2, 0) is 11.3 Å². The number of hydrogen-bond donors (Lipinski definition) is 3. The zero-order chi connectivity index (χ0) is 16.5. The molecule has 0 bridgehead atoms. The van der Waals surface area contributed by atoms with Gasteiger partial charge in [-0.25, -0.2) is 0 Å². The third kappa shape index (κ3) is 2.94. The summed E-state index contributed by atoms with van der Waals surface area (Å²) in [6.45, 7) is 2.72. The number of fused-ring (bicyclic) bond motifs is 1. The predicted octanol–water partition coefficient (Wildman–Crippen LogP) is 1.45. The summed E-state index contributed by atoms with van der Waals surface area (Å²) in [5.41, 5.74) is 2.68. The van der Waals surface area contributed by atoms with Crippen molar-refractivity contribution < 1.29 is 4.79 Å². The Hall–Kier alpha value is -1.50. The number of nitrogens with zero attached hydrogens (tertiary/aromatic N) is 1. The molecule has 3 aliphatic heterocycles. The van der Waals surface area contributed by atoms with E-state index in [1.54, 1.807) is 0 Å². The molecule has 1 amide bonds. The van der Waals surface area contributed by atoms with E-state index < -0.39 is 0 Å². The molecule has 3 saturated heterocycles. The van der Waals surface area contributed by atoms with E-state index in [1.165, 1.54) is 30.4 Å². The fraction of sp³-hybridized carbons (Fsp3) is 0.556. The van der Waals surface area contributed by atoms with E-state index in [4.69, 9.17) is 12.2 Å². The van der Waals surface area contributed by atoms with Crippen molar-refractivity contribution >= 4 is 23.2 Å². The largest absolute Gasteiger partial charge is 0.339 e. The number of carbonyl (C=O) groups excluding carboxylic acids is 1. The minimum atomic E-state index is -0.142. The van der Waals surface area contributed by atoms with Gasteiger partial charge in [-0.1, -0.05) is 30.7 Å². The summed E-state index contributed by atoms with van der Waals surface area (Å²) >= 11 is 5.48. The van der Waals surface area contributed by atoms with Gasteiger partial charge < -0.3 is 20.9 Å². The SMILES string of the molecule is O=C1NC(=S)N(Cc2ccccc2[C@H]2CCCCN2)C2CCNC12. The predicted molar refractivity (Wildman–Crippen MR) is 97.5 cm³/mol. The number of nitrogens with one attached hydrogen (secondary N) is 3. The molecule has 3 atom stereocenters.